The van der Waals surface area contributed by atoms with Gasteiger partial charge in [-0.1, -0.05) is 48.5 Å². The van der Waals surface area contributed by atoms with E-state index < -0.39 is 18.1 Å². The van der Waals surface area contributed by atoms with Crippen molar-refractivity contribution in [2.75, 3.05) is 32.8 Å². The Balaban J connectivity index is 1.26. The zero-order valence-corrected chi connectivity index (χ0v) is 19.7. The third-order valence-corrected chi connectivity index (χ3v) is 7.52. The molecule has 2 amide bonds. The molecule has 3 fully saturated rings. The predicted molar refractivity (Wildman–Crippen MR) is 130 cm³/mol. The molecule has 0 saturated carbocycles. The summed E-state index contributed by atoms with van der Waals surface area (Å²) in [4.78, 5) is 41.7. The van der Waals surface area contributed by atoms with E-state index in [2.05, 4.69) is 22.3 Å². The van der Waals surface area contributed by atoms with Crippen molar-refractivity contribution >= 4 is 18.0 Å². The molecule has 35 heavy (non-hydrogen) atoms. The Hall–Kier alpha value is -3.39. The number of carbonyl (C=O) groups excluding carboxylic acids is 2. The van der Waals surface area contributed by atoms with Gasteiger partial charge in [-0.3, -0.25) is 9.59 Å². The molecule has 2 aromatic carbocycles. The highest BCUT2D eigenvalue weighted by Gasteiger charge is 2.36. The van der Waals surface area contributed by atoms with Gasteiger partial charge in [0.2, 0.25) is 5.91 Å². The third kappa shape index (κ3) is 4.89. The first-order valence-electron chi connectivity index (χ1n) is 12.4. The van der Waals surface area contributed by atoms with Crippen molar-refractivity contribution < 1.29 is 24.2 Å². The maximum absolute atomic E-state index is 13.4. The highest BCUT2D eigenvalue weighted by molar-refractivity contribution is 5.86. The van der Waals surface area contributed by atoms with Crippen LogP contribution in [0.3, 0.4) is 0 Å². The van der Waals surface area contributed by atoms with Crippen molar-refractivity contribution in [1.29, 1.82) is 0 Å². The Morgan fingerprint density at radius 3 is 2.20 bits per heavy atom. The van der Waals surface area contributed by atoms with Crippen molar-refractivity contribution in [1.82, 2.24) is 15.1 Å². The van der Waals surface area contributed by atoms with Crippen LogP contribution in [0.4, 0.5) is 4.79 Å². The SMILES string of the molecule is O=C(O)CCC(NC(=O)OCC1c2ccccc2-c2ccccc21)C(=O)N1CCN2CCC1CC2. The van der Waals surface area contributed by atoms with Gasteiger partial charge >= 0.3 is 12.1 Å². The summed E-state index contributed by atoms with van der Waals surface area (Å²) >= 11 is 0. The molecule has 0 spiro atoms. The van der Waals surface area contributed by atoms with Crippen molar-refractivity contribution in [2.24, 2.45) is 0 Å². The monoisotopic (exact) mass is 477 g/mol. The lowest BCUT2D eigenvalue weighted by atomic mass is 9.98. The molecular weight excluding hydrogens is 446 g/mol. The van der Waals surface area contributed by atoms with Gasteiger partial charge in [0.15, 0.2) is 0 Å². The molecule has 3 saturated heterocycles. The second-order valence-electron chi connectivity index (χ2n) is 9.56. The summed E-state index contributed by atoms with van der Waals surface area (Å²) in [7, 11) is 0. The summed E-state index contributed by atoms with van der Waals surface area (Å²) in [5.41, 5.74) is 4.49. The summed E-state index contributed by atoms with van der Waals surface area (Å²) in [5, 5.41) is 11.9. The van der Waals surface area contributed by atoms with Gasteiger partial charge in [-0.25, -0.2) is 4.79 Å². The number of ether oxygens (including phenoxy) is 1. The number of carbonyl (C=O) groups is 3. The van der Waals surface area contributed by atoms with Gasteiger partial charge in [-0.2, -0.15) is 0 Å². The first-order valence-corrected chi connectivity index (χ1v) is 12.4. The first-order chi connectivity index (χ1) is 17.0. The van der Waals surface area contributed by atoms with Crippen LogP contribution in [-0.4, -0.2) is 77.7 Å². The average molecular weight is 478 g/mol. The number of nitrogens with zero attached hydrogens (tertiary/aromatic N) is 2. The summed E-state index contributed by atoms with van der Waals surface area (Å²) in [6.45, 7) is 3.47. The van der Waals surface area contributed by atoms with E-state index in [9.17, 15) is 19.5 Å². The topological polar surface area (TPSA) is 99.2 Å². The minimum absolute atomic E-state index is 0.0330. The Labute approximate surface area is 204 Å². The lowest BCUT2D eigenvalue weighted by molar-refractivity contribution is -0.138. The molecule has 184 valence electrons. The Bertz CT molecular complexity index is 1070. The second kappa shape index (κ2) is 10.1. The van der Waals surface area contributed by atoms with Gasteiger partial charge < -0.3 is 25.0 Å². The second-order valence-corrected chi connectivity index (χ2v) is 9.56. The van der Waals surface area contributed by atoms with Gasteiger partial charge in [0.1, 0.15) is 12.6 Å². The molecule has 0 radical (unpaired) electrons. The predicted octanol–water partition coefficient (Wildman–Crippen LogP) is 3.07. The van der Waals surface area contributed by atoms with E-state index in [0.717, 1.165) is 54.7 Å². The molecule has 0 aromatic heterocycles. The number of amides is 2. The molecule has 3 aliphatic heterocycles. The molecule has 6 rings (SSSR count). The lowest BCUT2D eigenvalue weighted by Crippen LogP contribution is -2.52. The smallest absolute Gasteiger partial charge is 0.407 e. The van der Waals surface area contributed by atoms with Crippen LogP contribution < -0.4 is 5.32 Å². The van der Waals surface area contributed by atoms with E-state index in [1.807, 2.05) is 41.3 Å². The fraction of sp³-hybridized carbons (Fsp3) is 0.444. The number of hydrogen-bond acceptors (Lipinski definition) is 5. The molecule has 8 heteroatoms. The Morgan fingerprint density at radius 2 is 1.57 bits per heavy atom. The Kier molecular flexibility index (Phi) is 6.72. The van der Waals surface area contributed by atoms with Crippen LogP contribution in [0, 0.1) is 0 Å². The summed E-state index contributed by atoms with van der Waals surface area (Å²) in [5.74, 6) is -1.30. The fourth-order valence-corrected chi connectivity index (χ4v) is 5.68. The minimum atomic E-state index is -1.000. The average Bonchev–Trinajstić information content (AvgIpc) is 2.99. The van der Waals surface area contributed by atoms with E-state index in [1.165, 1.54) is 0 Å². The number of hydrogen-bond donors (Lipinski definition) is 2. The zero-order valence-electron chi connectivity index (χ0n) is 19.7. The Morgan fingerprint density at radius 1 is 0.943 bits per heavy atom. The molecule has 8 nitrogen and oxygen atoms in total. The molecule has 2 bridgehead atoms. The maximum atomic E-state index is 13.4. The lowest BCUT2D eigenvalue weighted by Gasteiger charge is -2.33. The van der Waals surface area contributed by atoms with Crippen LogP contribution in [0.15, 0.2) is 48.5 Å². The highest BCUT2D eigenvalue weighted by atomic mass is 16.5. The van der Waals surface area contributed by atoms with E-state index >= 15 is 0 Å². The molecule has 2 aromatic rings. The molecule has 1 atom stereocenters. The molecule has 3 heterocycles. The molecule has 1 aliphatic carbocycles. The van der Waals surface area contributed by atoms with E-state index in [0.29, 0.717) is 6.54 Å². The van der Waals surface area contributed by atoms with Gasteiger partial charge in [0.05, 0.1) is 0 Å². The number of nitrogens with one attached hydrogen (secondary N) is 1. The fourth-order valence-electron chi connectivity index (χ4n) is 5.68. The summed E-state index contributed by atoms with van der Waals surface area (Å²) in [6.07, 6.45) is 0.944. The van der Waals surface area contributed by atoms with Gasteiger partial charge in [-0.05, 0) is 41.5 Å². The van der Waals surface area contributed by atoms with Crippen molar-refractivity contribution in [3.8, 4) is 11.1 Å². The zero-order chi connectivity index (χ0) is 24.4. The third-order valence-electron chi connectivity index (χ3n) is 7.52. The van der Waals surface area contributed by atoms with Crippen LogP contribution in [0.5, 0.6) is 0 Å². The molecule has 4 aliphatic rings. The van der Waals surface area contributed by atoms with Crippen LogP contribution in [0.2, 0.25) is 0 Å². The van der Waals surface area contributed by atoms with Crippen LogP contribution in [0.25, 0.3) is 11.1 Å². The number of piperidine rings is 1. The van der Waals surface area contributed by atoms with Crippen molar-refractivity contribution in [3.63, 3.8) is 0 Å². The van der Waals surface area contributed by atoms with Gasteiger partial charge in [0, 0.05) is 44.6 Å². The normalized spacial score (nSPS) is 21.5. The summed E-state index contributed by atoms with van der Waals surface area (Å²) < 4.78 is 5.62. The van der Waals surface area contributed by atoms with Crippen LogP contribution in [0.1, 0.15) is 42.7 Å². The minimum Gasteiger partial charge on any atom is -0.481 e. The van der Waals surface area contributed by atoms with Crippen molar-refractivity contribution in [3.05, 3.63) is 59.7 Å². The van der Waals surface area contributed by atoms with E-state index in [-0.39, 0.29) is 37.3 Å². The van der Waals surface area contributed by atoms with Gasteiger partial charge in [0.25, 0.3) is 0 Å². The maximum Gasteiger partial charge on any atom is 0.407 e. The van der Waals surface area contributed by atoms with E-state index in [4.69, 9.17) is 4.74 Å². The number of alkyl carbamates (subject to hydrolysis) is 1. The van der Waals surface area contributed by atoms with E-state index in [1.54, 1.807) is 0 Å². The number of aliphatic carboxylic acids is 1. The highest BCUT2D eigenvalue weighted by Crippen LogP contribution is 2.44. The van der Waals surface area contributed by atoms with Crippen LogP contribution >= 0.6 is 0 Å². The first kappa shape index (κ1) is 23.4. The van der Waals surface area contributed by atoms with Crippen LogP contribution in [-0.2, 0) is 14.3 Å². The number of rotatable bonds is 7. The number of carboxylic acid groups (broad SMARTS) is 1. The number of fused-ring (bicyclic) bond motifs is 7. The van der Waals surface area contributed by atoms with Gasteiger partial charge in [-0.15, -0.1) is 0 Å². The quantitative estimate of drug-likeness (QED) is 0.636. The van der Waals surface area contributed by atoms with Crippen molar-refractivity contribution in [2.45, 2.75) is 43.7 Å². The largest absolute Gasteiger partial charge is 0.481 e. The standard InChI is InChI=1S/C27H31N3O5/c31-25(32)10-9-24(26(33)30-16-15-29-13-11-18(30)12-14-29)28-27(34)35-17-23-21-7-3-1-5-19(21)20-6-2-4-8-22(20)23/h1-8,18,23-24H,9-17H2,(H,28,34)(H,31,32). The molecule has 2 N–H and O–H groups in total. The summed E-state index contributed by atoms with van der Waals surface area (Å²) in [6, 6.07) is 15.4. The number of benzene rings is 2. The molecular formula is C27H31N3O5. The number of carboxylic acids is 1. The molecule has 1 unspecified atom stereocenters.